The monoisotopic (exact) mass is 444 g/mol. The minimum absolute atomic E-state index is 0.0965. The molecule has 0 aliphatic carbocycles. The largest absolute Gasteiger partial charge is 0.410 e. The van der Waals surface area contributed by atoms with Crippen LogP contribution < -0.4 is 10.6 Å². The molecule has 5 nitrogen and oxygen atoms in total. The summed E-state index contributed by atoms with van der Waals surface area (Å²) in [6.45, 7) is 0. The van der Waals surface area contributed by atoms with E-state index < -0.39 is 30.0 Å². The van der Waals surface area contributed by atoms with Crippen LogP contribution in [0.1, 0.15) is 33.9 Å². The molecular weight excluding hydrogens is 432 g/mol. The Kier molecular flexibility index (Phi) is 4.99. The molecule has 1 aliphatic rings. The Morgan fingerprint density at radius 1 is 1.31 bits per heavy atom. The van der Waals surface area contributed by atoms with Crippen LogP contribution >= 0.6 is 22.9 Å². The molecule has 0 fully saturated rings. The van der Waals surface area contributed by atoms with E-state index in [1.807, 2.05) is 0 Å². The summed E-state index contributed by atoms with van der Waals surface area (Å²) in [5.74, 6) is -1.29. The first-order valence-corrected chi connectivity index (χ1v) is 9.71. The molecule has 3 heterocycles. The van der Waals surface area contributed by atoms with Gasteiger partial charge in [-0.1, -0.05) is 17.7 Å². The van der Waals surface area contributed by atoms with Crippen LogP contribution in [-0.4, -0.2) is 21.9 Å². The van der Waals surface area contributed by atoms with Gasteiger partial charge in [0.15, 0.2) is 11.7 Å². The van der Waals surface area contributed by atoms with E-state index in [1.165, 1.54) is 29.5 Å². The Bertz CT molecular complexity index is 1050. The van der Waals surface area contributed by atoms with Gasteiger partial charge in [0.05, 0.1) is 11.1 Å². The number of carbonyl (C=O) groups excluding carboxylic acids is 1. The second kappa shape index (κ2) is 7.34. The number of hydrogen-bond donors (Lipinski definition) is 2. The van der Waals surface area contributed by atoms with Crippen LogP contribution in [0.25, 0.3) is 0 Å². The van der Waals surface area contributed by atoms with Gasteiger partial charge >= 0.3 is 6.18 Å². The standard InChI is InChI=1S/C18H13ClF4N4OS/c19-10-6-9(3-4-11(10)20)24-17(28)13-8-16-25-12(14-2-1-5-29-14)7-15(18(21,22)23)27(16)26-13/h1-6,8,12,15,25H,7H2,(H,24,28)/t12-,15-/m1/s1. The lowest BCUT2D eigenvalue weighted by Crippen LogP contribution is -2.35. The van der Waals surface area contributed by atoms with E-state index in [4.69, 9.17) is 11.6 Å². The number of fused-ring (bicyclic) bond motifs is 1. The Morgan fingerprint density at radius 2 is 2.10 bits per heavy atom. The average molecular weight is 445 g/mol. The third-order valence-corrected chi connectivity index (χ3v) is 5.76. The summed E-state index contributed by atoms with van der Waals surface area (Å²) in [6, 6.07) is 5.94. The van der Waals surface area contributed by atoms with Crippen LogP contribution in [0.15, 0.2) is 41.8 Å². The van der Waals surface area contributed by atoms with Crippen molar-refractivity contribution in [1.82, 2.24) is 9.78 Å². The van der Waals surface area contributed by atoms with Crippen molar-refractivity contribution in [2.45, 2.75) is 24.7 Å². The van der Waals surface area contributed by atoms with E-state index in [2.05, 4.69) is 15.7 Å². The molecule has 4 rings (SSSR count). The third kappa shape index (κ3) is 3.95. The molecule has 1 amide bonds. The smallest absolute Gasteiger partial charge is 0.363 e. The topological polar surface area (TPSA) is 59.0 Å². The molecule has 2 N–H and O–H groups in total. The maximum Gasteiger partial charge on any atom is 0.410 e. The molecule has 152 valence electrons. The number of aromatic nitrogens is 2. The number of nitrogens with zero attached hydrogens (tertiary/aromatic N) is 2. The van der Waals surface area contributed by atoms with Crippen molar-refractivity contribution in [2.75, 3.05) is 10.6 Å². The van der Waals surface area contributed by atoms with E-state index in [0.717, 1.165) is 15.6 Å². The highest BCUT2D eigenvalue weighted by Crippen LogP contribution is 2.44. The average Bonchev–Trinajstić information content (AvgIpc) is 3.32. The molecule has 0 saturated carbocycles. The molecule has 1 aromatic carbocycles. The zero-order valence-corrected chi connectivity index (χ0v) is 16.1. The fourth-order valence-corrected chi connectivity index (χ4v) is 4.10. The van der Waals surface area contributed by atoms with Gasteiger partial charge in [0.1, 0.15) is 11.6 Å². The van der Waals surface area contributed by atoms with Gasteiger partial charge in [-0.3, -0.25) is 4.79 Å². The quantitative estimate of drug-likeness (QED) is 0.513. The highest BCUT2D eigenvalue weighted by atomic mass is 35.5. The maximum absolute atomic E-state index is 13.6. The fourth-order valence-electron chi connectivity index (χ4n) is 3.13. The van der Waals surface area contributed by atoms with Crippen LogP contribution in [0.4, 0.5) is 29.1 Å². The first kappa shape index (κ1) is 19.7. The lowest BCUT2D eigenvalue weighted by molar-refractivity contribution is -0.173. The van der Waals surface area contributed by atoms with Crippen molar-refractivity contribution in [2.24, 2.45) is 0 Å². The minimum Gasteiger partial charge on any atom is -0.363 e. The summed E-state index contributed by atoms with van der Waals surface area (Å²) in [5, 5.41) is 10.9. The number of benzene rings is 1. The number of alkyl halides is 3. The number of carbonyl (C=O) groups is 1. The van der Waals surface area contributed by atoms with Gasteiger partial charge in [-0.25, -0.2) is 9.07 Å². The van der Waals surface area contributed by atoms with Crippen LogP contribution in [0.3, 0.4) is 0 Å². The molecule has 0 unspecified atom stereocenters. The highest BCUT2D eigenvalue weighted by Gasteiger charge is 2.47. The third-order valence-electron chi connectivity index (χ3n) is 4.49. The van der Waals surface area contributed by atoms with Crippen molar-refractivity contribution < 1.29 is 22.4 Å². The van der Waals surface area contributed by atoms with Gasteiger partial charge in [0.25, 0.3) is 5.91 Å². The van der Waals surface area contributed by atoms with Gasteiger partial charge in [-0.2, -0.15) is 18.3 Å². The SMILES string of the molecule is O=C(Nc1ccc(F)c(Cl)c1)c1cc2n(n1)[C@@H](C(F)(F)F)C[C@H](c1cccs1)N2. The van der Waals surface area contributed by atoms with E-state index in [1.54, 1.807) is 17.5 Å². The van der Waals surface area contributed by atoms with Crippen LogP contribution in [-0.2, 0) is 0 Å². The van der Waals surface area contributed by atoms with Crippen molar-refractivity contribution in [3.8, 4) is 0 Å². The molecule has 0 bridgehead atoms. The molecular formula is C18H13ClF4N4OS. The number of hydrogen-bond acceptors (Lipinski definition) is 4. The Hall–Kier alpha value is -2.59. The first-order chi connectivity index (χ1) is 13.7. The predicted octanol–water partition coefficient (Wildman–Crippen LogP) is 5.65. The molecule has 0 radical (unpaired) electrons. The Balaban J connectivity index is 1.63. The van der Waals surface area contributed by atoms with Crippen LogP contribution in [0.2, 0.25) is 5.02 Å². The van der Waals surface area contributed by atoms with E-state index in [9.17, 15) is 22.4 Å². The molecule has 2 aromatic heterocycles. The fraction of sp³-hybridized carbons (Fsp3) is 0.222. The number of nitrogens with one attached hydrogen (secondary N) is 2. The summed E-state index contributed by atoms with van der Waals surface area (Å²) in [4.78, 5) is 13.2. The summed E-state index contributed by atoms with van der Waals surface area (Å²) in [5.41, 5.74) is -0.00167. The molecule has 3 aromatic rings. The zero-order valence-electron chi connectivity index (χ0n) is 14.5. The number of anilines is 2. The lowest BCUT2D eigenvalue weighted by Gasteiger charge is -2.32. The van der Waals surface area contributed by atoms with Gasteiger partial charge < -0.3 is 10.6 Å². The first-order valence-electron chi connectivity index (χ1n) is 8.45. The summed E-state index contributed by atoms with van der Waals surface area (Å²) in [7, 11) is 0. The second-order valence-corrected chi connectivity index (χ2v) is 7.83. The molecule has 0 saturated heterocycles. The summed E-state index contributed by atoms with van der Waals surface area (Å²) < 4.78 is 55.0. The van der Waals surface area contributed by atoms with E-state index >= 15 is 0 Å². The van der Waals surface area contributed by atoms with E-state index in [0.29, 0.717) is 0 Å². The molecule has 29 heavy (non-hydrogen) atoms. The number of thiophene rings is 1. The summed E-state index contributed by atoms with van der Waals surface area (Å²) >= 11 is 7.03. The van der Waals surface area contributed by atoms with Crippen LogP contribution in [0, 0.1) is 5.82 Å². The van der Waals surface area contributed by atoms with Gasteiger partial charge in [-0.05, 0) is 29.6 Å². The number of amides is 1. The van der Waals surface area contributed by atoms with E-state index in [-0.39, 0.29) is 28.6 Å². The predicted molar refractivity (Wildman–Crippen MR) is 102 cm³/mol. The number of halogens is 5. The normalized spacial score (nSPS) is 18.8. The lowest BCUT2D eigenvalue weighted by atomic mass is 10.0. The Labute approximate surface area is 171 Å². The van der Waals surface area contributed by atoms with Crippen molar-refractivity contribution in [1.29, 1.82) is 0 Å². The Morgan fingerprint density at radius 3 is 2.76 bits per heavy atom. The zero-order chi connectivity index (χ0) is 20.8. The molecule has 0 spiro atoms. The van der Waals surface area contributed by atoms with Crippen molar-refractivity contribution in [3.63, 3.8) is 0 Å². The van der Waals surface area contributed by atoms with Gasteiger partial charge in [0.2, 0.25) is 0 Å². The second-order valence-electron chi connectivity index (χ2n) is 6.45. The van der Waals surface area contributed by atoms with Crippen LogP contribution in [0.5, 0.6) is 0 Å². The maximum atomic E-state index is 13.6. The van der Waals surface area contributed by atoms with Gasteiger partial charge in [-0.15, -0.1) is 11.3 Å². The molecule has 11 heteroatoms. The highest BCUT2D eigenvalue weighted by molar-refractivity contribution is 7.10. The van der Waals surface area contributed by atoms with Crippen molar-refractivity contribution >= 4 is 40.4 Å². The summed E-state index contributed by atoms with van der Waals surface area (Å²) in [6.07, 6.45) is -4.77. The van der Waals surface area contributed by atoms with Crippen molar-refractivity contribution in [3.05, 3.63) is 63.2 Å². The van der Waals surface area contributed by atoms with Gasteiger partial charge in [0, 0.05) is 23.1 Å². The molecule has 1 aliphatic heterocycles. The number of rotatable bonds is 3. The minimum atomic E-state index is -4.53. The molecule has 2 atom stereocenters.